The Morgan fingerprint density at radius 2 is 2.33 bits per heavy atom. The number of anilines is 1. The summed E-state index contributed by atoms with van der Waals surface area (Å²) in [5.74, 6) is 1.60. The number of morpholine rings is 1. The minimum absolute atomic E-state index is 0.0982. The summed E-state index contributed by atoms with van der Waals surface area (Å²) in [6.45, 7) is 6.56. The Kier molecular flexibility index (Phi) is 3.81. The molecule has 0 aromatic carbocycles. The van der Waals surface area contributed by atoms with Crippen LogP contribution < -0.4 is 10.2 Å². The maximum Gasteiger partial charge on any atom is 0.250 e. The van der Waals surface area contributed by atoms with E-state index in [1.807, 2.05) is 16.4 Å². The molecular formula is C11H19N5O2. The van der Waals surface area contributed by atoms with Gasteiger partial charge in [0.15, 0.2) is 6.10 Å². The molecule has 2 heterocycles. The molecule has 1 amide bonds. The normalized spacial score (nSPS) is 19.9. The van der Waals surface area contributed by atoms with Crippen LogP contribution in [0.4, 0.5) is 5.95 Å². The van der Waals surface area contributed by atoms with E-state index in [9.17, 15) is 4.79 Å². The molecule has 2 rings (SSSR count). The number of ether oxygens (including phenoxy) is 1. The number of aryl methyl sites for hydroxylation is 1. The van der Waals surface area contributed by atoms with E-state index in [2.05, 4.69) is 22.4 Å². The lowest BCUT2D eigenvalue weighted by Crippen LogP contribution is -2.50. The first-order chi connectivity index (χ1) is 8.67. The summed E-state index contributed by atoms with van der Waals surface area (Å²) in [5, 5.41) is 10.9. The molecule has 7 heteroatoms. The first-order valence-corrected chi connectivity index (χ1v) is 6.15. The third kappa shape index (κ3) is 2.31. The van der Waals surface area contributed by atoms with Crippen molar-refractivity contribution in [3.8, 4) is 0 Å². The van der Waals surface area contributed by atoms with Gasteiger partial charge < -0.3 is 15.0 Å². The minimum atomic E-state index is -0.439. The standard InChI is InChI=1S/C11H19N5O2/c1-4-16-8(2)13-14-11(16)15-5-6-18-9(7-15)10(17)12-3/h9H,4-7H2,1-3H3,(H,12,17). The van der Waals surface area contributed by atoms with Gasteiger partial charge in [-0.3, -0.25) is 9.36 Å². The van der Waals surface area contributed by atoms with Crippen LogP contribution in [0.25, 0.3) is 0 Å². The summed E-state index contributed by atoms with van der Waals surface area (Å²) in [4.78, 5) is 13.6. The van der Waals surface area contributed by atoms with Gasteiger partial charge in [-0.05, 0) is 13.8 Å². The molecule has 1 saturated heterocycles. The smallest absolute Gasteiger partial charge is 0.250 e. The van der Waals surface area contributed by atoms with Crippen molar-refractivity contribution in [2.75, 3.05) is 31.6 Å². The highest BCUT2D eigenvalue weighted by Gasteiger charge is 2.28. The van der Waals surface area contributed by atoms with Crippen LogP contribution in [0, 0.1) is 6.92 Å². The summed E-state index contributed by atoms with van der Waals surface area (Å²) >= 11 is 0. The summed E-state index contributed by atoms with van der Waals surface area (Å²) in [6, 6.07) is 0. The van der Waals surface area contributed by atoms with E-state index in [1.54, 1.807) is 7.05 Å². The molecule has 1 N–H and O–H groups in total. The number of aromatic nitrogens is 3. The van der Waals surface area contributed by atoms with E-state index < -0.39 is 6.10 Å². The molecule has 1 atom stereocenters. The van der Waals surface area contributed by atoms with Crippen LogP contribution in [0.5, 0.6) is 0 Å². The number of hydrogen-bond acceptors (Lipinski definition) is 5. The zero-order valence-electron chi connectivity index (χ0n) is 11.0. The molecule has 18 heavy (non-hydrogen) atoms. The maximum atomic E-state index is 11.6. The Morgan fingerprint density at radius 1 is 1.56 bits per heavy atom. The van der Waals surface area contributed by atoms with Gasteiger partial charge in [0.1, 0.15) is 5.82 Å². The van der Waals surface area contributed by atoms with Gasteiger partial charge in [-0.1, -0.05) is 0 Å². The minimum Gasteiger partial charge on any atom is -0.365 e. The van der Waals surface area contributed by atoms with Crippen molar-refractivity contribution in [3.05, 3.63) is 5.82 Å². The molecule has 0 saturated carbocycles. The number of amides is 1. The predicted octanol–water partition coefficient (Wildman–Crippen LogP) is -0.442. The zero-order valence-corrected chi connectivity index (χ0v) is 11.0. The van der Waals surface area contributed by atoms with Crippen molar-refractivity contribution in [1.82, 2.24) is 20.1 Å². The molecule has 1 unspecified atom stereocenters. The predicted molar refractivity (Wildman–Crippen MR) is 66.5 cm³/mol. The summed E-state index contributed by atoms with van der Waals surface area (Å²) < 4.78 is 7.49. The number of carbonyl (C=O) groups is 1. The van der Waals surface area contributed by atoms with E-state index in [0.29, 0.717) is 13.2 Å². The van der Waals surface area contributed by atoms with Gasteiger partial charge in [0.05, 0.1) is 13.2 Å². The molecule has 7 nitrogen and oxygen atoms in total. The van der Waals surface area contributed by atoms with Crippen LogP contribution in [0.2, 0.25) is 0 Å². The van der Waals surface area contributed by atoms with Gasteiger partial charge in [-0.25, -0.2) is 0 Å². The molecule has 1 aromatic rings. The highest BCUT2D eigenvalue weighted by Crippen LogP contribution is 2.16. The van der Waals surface area contributed by atoms with Crippen molar-refractivity contribution >= 4 is 11.9 Å². The van der Waals surface area contributed by atoms with Crippen molar-refractivity contribution < 1.29 is 9.53 Å². The molecule has 1 aliphatic rings. The topological polar surface area (TPSA) is 72.3 Å². The van der Waals surface area contributed by atoms with Crippen molar-refractivity contribution in [2.24, 2.45) is 0 Å². The average molecular weight is 253 g/mol. The van der Waals surface area contributed by atoms with Gasteiger partial charge in [-0.2, -0.15) is 0 Å². The fourth-order valence-electron chi connectivity index (χ4n) is 2.12. The number of hydrogen-bond donors (Lipinski definition) is 1. The molecule has 0 radical (unpaired) electrons. The molecule has 1 aromatic heterocycles. The van der Waals surface area contributed by atoms with Crippen molar-refractivity contribution in [1.29, 1.82) is 0 Å². The second kappa shape index (κ2) is 5.34. The van der Waals surface area contributed by atoms with Crippen LogP contribution in [-0.4, -0.2) is 53.5 Å². The molecule has 1 aliphatic heterocycles. The van der Waals surface area contributed by atoms with Crippen LogP contribution in [0.15, 0.2) is 0 Å². The van der Waals surface area contributed by atoms with E-state index >= 15 is 0 Å². The summed E-state index contributed by atoms with van der Waals surface area (Å²) in [7, 11) is 1.61. The van der Waals surface area contributed by atoms with Crippen LogP contribution in [0.1, 0.15) is 12.7 Å². The lowest BCUT2D eigenvalue weighted by atomic mass is 10.2. The lowest BCUT2D eigenvalue weighted by molar-refractivity contribution is -0.132. The third-order valence-corrected chi connectivity index (χ3v) is 3.12. The Hall–Kier alpha value is -1.63. The average Bonchev–Trinajstić information content (AvgIpc) is 2.79. The fraction of sp³-hybridized carbons (Fsp3) is 0.727. The van der Waals surface area contributed by atoms with Crippen LogP contribution in [-0.2, 0) is 16.1 Å². The number of likely N-dealkylation sites (N-methyl/N-ethyl adjacent to an activating group) is 1. The Bertz CT molecular complexity index is 431. The van der Waals surface area contributed by atoms with E-state index in [-0.39, 0.29) is 5.91 Å². The Labute approximate surface area is 106 Å². The number of nitrogens with zero attached hydrogens (tertiary/aromatic N) is 4. The molecule has 100 valence electrons. The van der Waals surface area contributed by atoms with Gasteiger partial charge in [0.2, 0.25) is 5.95 Å². The molecule has 1 fully saturated rings. The SMILES string of the molecule is CCn1c(C)nnc1N1CCOC(C(=O)NC)C1. The second-order valence-electron chi connectivity index (χ2n) is 4.21. The fourth-order valence-corrected chi connectivity index (χ4v) is 2.12. The maximum absolute atomic E-state index is 11.6. The van der Waals surface area contributed by atoms with Gasteiger partial charge in [0, 0.05) is 20.1 Å². The monoisotopic (exact) mass is 253 g/mol. The summed E-state index contributed by atoms with van der Waals surface area (Å²) in [5.41, 5.74) is 0. The van der Waals surface area contributed by atoms with Gasteiger partial charge in [-0.15, -0.1) is 10.2 Å². The van der Waals surface area contributed by atoms with Crippen LogP contribution in [0.3, 0.4) is 0 Å². The third-order valence-electron chi connectivity index (χ3n) is 3.12. The highest BCUT2D eigenvalue weighted by atomic mass is 16.5. The van der Waals surface area contributed by atoms with Crippen LogP contribution >= 0.6 is 0 Å². The van der Waals surface area contributed by atoms with E-state index in [0.717, 1.165) is 24.9 Å². The molecule has 0 spiro atoms. The van der Waals surface area contributed by atoms with Crippen molar-refractivity contribution in [2.45, 2.75) is 26.5 Å². The van der Waals surface area contributed by atoms with Crippen molar-refractivity contribution in [3.63, 3.8) is 0 Å². The first kappa shape index (κ1) is 12.8. The lowest BCUT2D eigenvalue weighted by Gasteiger charge is -2.32. The van der Waals surface area contributed by atoms with E-state index in [1.165, 1.54) is 0 Å². The first-order valence-electron chi connectivity index (χ1n) is 6.15. The van der Waals surface area contributed by atoms with Gasteiger partial charge >= 0.3 is 0 Å². The molecular weight excluding hydrogens is 234 g/mol. The molecule has 0 aliphatic carbocycles. The Morgan fingerprint density at radius 3 is 3.00 bits per heavy atom. The molecule has 0 bridgehead atoms. The summed E-state index contributed by atoms with van der Waals surface area (Å²) in [6.07, 6.45) is -0.439. The quantitative estimate of drug-likeness (QED) is 0.790. The zero-order chi connectivity index (χ0) is 13.1. The largest absolute Gasteiger partial charge is 0.365 e. The Balaban J connectivity index is 2.15. The highest BCUT2D eigenvalue weighted by molar-refractivity contribution is 5.81. The second-order valence-corrected chi connectivity index (χ2v) is 4.21. The number of nitrogens with one attached hydrogen (secondary N) is 1. The van der Waals surface area contributed by atoms with E-state index in [4.69, 9.17) is 4.74 Å². The number of rotatable bonds is 3. The van der Waals surface area contributed by atoms with Gasteiger partial charge in [0.25, 0.3) is 5.91 Å². The number of carbonyl (C=O) groups excluding carboxylic acids is 1.